The first-order chi connectivity index (χ1) is 12.5. The second-order valence-corrected chi connectivity index (χ2v) is 6.86. The minimum Gasteiger partial charge on any atom is -0.310 e. The van der Waals surface area contributed by atoms with E-state index in [9.17, 15) is 9.59 Å². The van der Waals surface area contributed by atoms with E-state index in [0.29, 0.717) is 17.7 Å². The molecule has 7 nitrogen and oxygen atoms in total. The molecule has 0 fully saturated rings. The molecule has 0 aliphatic carbocycles. The van der Waals surface area contributed by atoms with E-state index in [-0.39, 0.29) is 11.2 Å². The van der Waals surface area contributed by atoms with Crippen LogP contribution in [0.4, 0.5) is 11.6 Å². The van der Waals surface area contributed by atoms with Crippen LogP contribution in [0.1, 0.15) is 25.3 Å². The van der Waals surface area contributed by atoms with Crippen molar-refractivity contribution < 1.29 is 0 Å². The monoisotopic (exact) mass is 353 g/mol. The van der Waals surface area contributed by atoms with E-state index >= 15 is 0 Å². The summed E-state index contributed by atoms with van der Waals surface area (Å²) in [5.74, 6) is 0.722. The molecule has 0 bridgehead atoms. The van der Waals surface area contributed by atoms with Crippen LogP contribution in [0.25, 0.3) is 11.2 Å². The average Bonchev–Trinajstić information content (AvgIpc) is 3.22. The van der Waals surface area contributed by atoms with Gasteiger partial charge in [0.25, 0.3) is 5.56 Å². The third-order valence-electron chi connectivity index (χ3n) is 5.18. The Bertz CT molecular complexity index is 1090. The highest BCUT2D eigenvalue weighted by Gasteiger charge is 2.28. The SMILES string of the molecule is CCCCc1ccc(N2CCn3c2nc2c3c(=O)n(C)c(=O)n2C)cc1. The Balaban J connectivity index is 1.79. The predicted octanol–water partition coefficient (Wildman–Crippen LogP) is 1.93. The van der Waals surface area contributed by atoms with Gasteiger partial charge in [-0.2, -0.15) is 4.98 Å². The molecule has 0 unspecified atom stereocenters. The maximum atomic E-state index is 12.6. The van der Waals surface area contributed by atoms with Gasteiger partial charge < -0.3 is 9.47 Å². The van der Waals surface area contributed by atoms with Crippen molar-refractivity contribution in [3.63, 3.8) is 0 Å². The minimum atomic E-state index is -0.355. The first kappa shape index (κ1) is 16.6. The maximum absolute atomic E-state index is 12.6. The average molecular weight is 353 g/mol. The molecule has 26 heavy (non-hydrogen) atoms. The largest absolute Gasteiger partial charge is 0.332 e. The number of aryl methyl sites for hydroxylation is 2. The van der Waals surface area contributed by atoms with E-state index in [4.69, 9.17) is 0 Å². The van der Waals surface area contributed by atoms with Gasteiger partial charge in [0, 0.05) is 32.9 Å². The summed E-state index contributed by atoms with van der Waals surface area (Å²) in [5.41, 5.74) is 2.68. The number of nitrogens with zero attached hydrogens (tertiary/aromatic N) is 5. The van der Waals surface area contributed by atoms with Crippen LogP contribution in [-0.4, -0.2) is 25.2 Å². The molecule has 1 aliphatic rings. The summed E-state index contributed by atoms with van der Waals surface area (Å²) >= 11 is 0. The van der Waals surface area contributed by atoms with Crippen LogP contribution in [0, 0.1) is 0 Å². The van der Waals surface area contributed by atoms with Crippen molar-refractivity contribution in [1.29, 1.82) is 0 Å². The Morgan fingerprint density at radius 1 is 1.04 bits per heavy atom. The van der Waals surface area contributed by atoms with Crippen molar-refractivity contribution in [2.24, 2.45) is 14.1 Å². The highest BCUT2D eigenvalue weighted by atomic mass is 16.2. The van der Waals surface area contributed by atoms with Crippen molar-refractivity contribution in [2.75, 3.05) is 11.4 Å². The fourth-order valence-electron chi connectivity index (χ4n) is 3.62. The molecule has 3 heterocycles. The van der Waals surface area contributed by atoms with E-state index in [2.05, 4.69) is 41.1 Å². The number of hydrogen-bond acceptors (Lipinski definition) is 4. The van der Waals surface area contributed by atoms with Gasteiger partial charge in [0.2, 0.25) is 5.95 Å². The van der Waals surface area contributed by atoms with Gasteiger partial charge in [-0.15, -0.1) is 0 Å². The number of anilines is 2. The molecule has 1 aliphatic heterocycles. The van der Waals surface area contributed by atoms with Crippen molar-refractivity contribution in [2.45, 2.75) is 32.7 Å². The van der Waals surface area contributed by atoms with Crippen LogP contribution in [0.3, 0.4) is 0 Å². The number of unbranched alkanes of at least 4 members (excludes halogenated alkanes) is 1. The minimum absolute atomic E-state index is 0.293. The van der Waals surface area contributed by atoms with E-state index < -0.39 is 0 Å². The summed E-state index contributed by atoms with van der Waals surface area (Å²) in [4.78, 5) is 31.5. The molecule has 7 heteroatoms. The standard InChI is InChI=1S/C19H23N5O2/c1-4-5-6-13-7-9-14(10-8-13)23-11-12-24-15-16(20-18(23)24)21(2)19(26)22(3)17(15)25/h7-10H,4-6,11-12H2,1-3H3. The van der Waals surface area contributed by atoms with Gasteiger partial charge in [0.15, 0.2) is 11.2 Å². The molecule has 136 valence electrons. The van der Waals surface area contributed by atoms with Crippen LogP contribution in [0.2, 0.25) is 0 Å². The quantitative estimate of drug-likeness (QED) is 0.719. The molecule has 0 spiro atoms. The lowest BCUT2D eigenvalue weighted by atomic mass is 10.1. The molecule has 4 rings (SSSR count). The third kappa shape index (κ3) is 2.38. The Kier molecular flexibility index (Phi) is 3.94. The molecule has 0 atom stereocenters. The first-order valence-corrected chi connectivity index (χ1v) is 9.05. The van der Waals surface area contributed by atoms with Gasteiger partial charge in [-0.1, -0.05) is 25.5 Å². The lowest BCUT2D eigenvalue weighted by Crippen LogP contribution is -2.37. The molecule has 1 aromatic carbocycles. The normalized spacial score (nSPS) is 13.6. The van der Waals surface area contributed by atoms with Crippen molar-refractivity contribution in [1.82, 2.24) is 18.7 Å². The van der Waals surface area contributed by atoms with E-state index in [1.165, 1.54) is 30.0 Å². The molecule has 0 saturated heterocycles. The molecule has 0 N–H and O–H groups in total. The smallest absolute Gasteiger partial charge is 0.310 e. The number of hydrogen-bond donors (Lipinski definition) is 0. The zero-order valence-electron chi connectivity index (χ0n) is 15.4. The molecule has 2 aromatic heterocycles. The van der Waals surface area contributed by atoms with E-state index in [1.807, 2.05) is 4.57 Å². The fraction of sp³-hybridized carbons (Fsp3) is 0.421. The zero-order chi connectivity index (χ0) is 18.4. The van der Waals surface area contributed by atoms with Crippen LogP contribution >= 0.6 is 0 Å². The number of rotatable bonds is 4. The molecule has 3 aromatic rings. The second kappa shape index (κ2) is 6.16. The Morgan fingerprint density at radius 3 is 2.46 bits per heavy atom. The number of aromatic nitrogens is 4. The van der Waals surface area contributed by atoms with Crippen LogP contribution in [-0.2, 0) is 27.1 Å². The molecule has 0 saturated carbocycles. The number of fused-ring (bicyclic) bond motifs is 3. The molecule has 0 radical (unpaired) electrons. The number of imidazole rings is 1. The summed E-state index contributed by atoms with van der Waals surface area (Å²) in [6.07, 6.45) is 3.47. The number of benzene rings is 1. The van der Waals surface area contributed by atoms with Gasteiger partial charge in [0.1, 0.15) is 0 Å². The maximum Gasteiger partial charge on any atom is 0.332 e. The van der Waals surface area contributed by atoms with Crippen LogP contribution < -0.4 is 16.1 Å². The van der Waals surface area contributed by atoms with Crippen molar-refractivity contribution >= 4 is 22.8 Å². The first-order valence-electron chi connectivity index (χ1n) is 9.05. The Morgan fingerprint density at radius 2 is 1.77 bits per heavy atom. The highest BCUT2D eigenvalue weighted by molar-refractivity contribution is 5.77. The van der Waals surface area contributed by atoms with Crippen LogP contribution in [0.5, 0.6) is 0 Å². The second-order valence-electron chi connectivity index (χ2n) is 6.86. The van der Waals surface area contributed by atoms with Crippen LogP contribution in [0.15, 0.2) is 33.9 Å². The topological polar surface area (TPSA) is 65.1 Å². The van der Waals surface area contributed by atoms with E-state index in [0.717, 1.165) is 29.2 Å². The highest BCUT2D eigenvalue weighted by Crippen LogP contribution is 2.31. The third-order valence-corrected chi connectivity index (χ3v) is 5.18. The van der Waals surface area contributed by atoms with Crippen molar-refractivity contribution in [3.8, 4) is 0 Å². The summed E-state index contributed by atoms with van der Waals surface area (Å²) in [5, 5.41) is 0. The lowest BCUT2D eigenvalue weighted by Gasteiger charge is -2.16. The summed E-state index contributed by atoms with van der Waals surface area (Å²) in [7, 11) is 3.16. The Labute approximate surface area is 151 Å². The van der Waals surface area contributed by atoms with Gasteiger partial charge in [-0.05, 0) is 30.5 Å². The zero-order valence-corrected chi connectivity index (χ0v) is 15.4. The van der Waals surface area contributed by atoms with Gasteiger partial charge in [-0.3, -0.25) is 13.9 Å². The van der Waals surface area contributed by atoms with Gasteiger partial charge in [-0.25, -0.2) is 4.79 Å². The van der Waals surface area contributed by atoms with Gasteiger partial charge >= 0.3 is 5.69 Å². The summed E-state index contributed by atoms with van der Waals surface area (Å²) < 4.78 is 4.50. The summed E-state index contributed by atoms with van der Waals surface area (Å²) in [6, 6.07) is 8.53. The predicted molar refractivity (Wildman–Crippen MR) is 102 cm³/mol. The fourth-order valence-corrected chi connectivity index (χ4v) is 3.62. The van der Waals surface area contributed by atoms with Gasteiger partial charge in [0.05, 0.1) is 0 Å². The van der Waals surface area contributed by atoms with Crippen molar-refractivity contribution in [3.05, 3.63) is 50.7 Å². The van der Waals surface area contributed by atoms with E-state index in [1.54, 1.807) is 7.05 Å². The summed E-state index contributed by atoms with van der Waals surface area (Å²) in [6.45, 7) is 3.64. The molecular formula is C19H23N5O2. The Hall–Kier alpha value is -2.83. The molecule has 0 amide bonds. The molecular weight excluding hydrogens is 330 g/mol. The lowest BCUT2D eigenvalue weighted by molar-refractivity contribution is 0.700.